The third-order valence-electron chi connectivity index (χ3n) is 4.66. The van der Waals surface area contributed by atoms with Gasteiger partial charge < -0.3 is 25.4 Å². The van der Waals surface area contributed by atoms with Gasteiger partial charge in [-0.15, -0.1) is 0 Å². The molecule has 1 heterocycles. The maximum absolute atomic E-state index is 9.92. The first-order chi connectivity index (χ1) is 13.2. The predicted molar refractivity (Wildman–Crippen MR) is 110 cm³/mol. The standard InChI is InChI=1S/C21H28N4O2/c1-3-22-21(23-14-16-9-10-20(27-2)19(26)13-16)24-17-11-12-25(15-17)18-7-5-4-6-8-18/h4-10,13,17,26H,3,11-12,14-15H2,1-2H3,(H2,22,23,24). The van der Waals surface area contributed by atoms with Gasteiger partial charge in [0.25, 0.3) is 0 Å². The molecule has 0 aliphatic carbocycles. The molecule has 2 aromatic carbocycles. The molecule has 3 N–H and O–H groups in total. The molecule has 6 nitrogen and oxygen atoms in total. The van der Waals surface area contributed by atoms with Crippen LogP contribution < -0.4 is 20.3 Å². The van der Waals surface area contributed by atoms with Crippen molar-refractivity contribution in [2.45, 2.75) is 25.9 Å². The molecule has 3 rings (SSSR count). The van der Waals surface area contributed by atoms with Crippen molar-refractivity contribution in [1.82, 2.24) is 10.6 Å². The topological polar surface area (TPSA) is 69.1 Å². The molecule has 2 aromatic rings. The second-order valence-corrected chi connectivity index (χ2v) is 6.61. The van der Waals surface area contributed by atoms with E-state index in [0.717, 1.165) is 37.6 Å². The molecule has 0 amide bonds. The van der Waals surface area contributed by atoms with Gasteiger partial charge in [0.2, 0.25) is 0 Å². The van der Waals surface area contributed by atoms with E-state index in [1.54, 1.807) is 19.2 Å². The van der Waals surface area contributed by atoms with E-state index < -0.39 is 0 Å². The summed E-state index contributed by atoms with van der Waals surface area (Å²) in [7, 11) is 1.54. The van der Waals surface area contributed by atoms with Gasteiger partial charge in [-0.05, 0) is 43.2 Å². The number of ether oxygens (including phenoxy) is 1. The number of hydrogen-bond donors (Lipinski definition) is 3. The normalized spacial score (nSPS) is 17.0. The SMILES string of the molecule is CCNC(=NCc1ccc(OC)c(O)c1)NC1CCN(c2ccccc2)C1. The van der Waals surface area contributed by atoms with Gasteiger partial charge in [-0.25, -0.2) is 4.99 Å². The Morgan fingerprint density at radius 2 is 2.07 bits per heavy atom. The van der Waals surface area contributed by atoms with Crippen molar-refractivity contribution in [1.29, 1.82) is 0 Å². The monoisotopic (exact) mass is 368 g/mol. The zero-order chi connectivity index (χ0) is 19.1. The molecule has 1 unspecified atom stereocenters. The van der Waals surface area contributed by atoms with Crippen LogP contribution in [0.5, 0.6) is 11.5 Å². The summed E-state index contributed by atoms with van der Waals surface area (Å²) >= 11 is 0. The van der Waals surface area contributed by atoms with E-state index in [1.807, 2.05) is 12.1 Å². The van der Waals surface area contributed by atoms with Crippen molar-refractivity contribution in [2.75, 3.05) is 31.6 Å². The van der Waals surface area contributed by atoms with Crippen LogP contribution in [-0.2, 0) is 6.54 Å². The number of methoxy groups -OCH3 is 1. The number of para-hydroxylation sites is 1. The number of hydrogen-bond acceptors (Lipinski definition) is 4. The first kappa shape index (κ1) is 18.9. The summed E-state index contributed by atoms with van der Waals surface area (Å²) in [6.07, 6.45) is 1.07. The Kier molecular flexibility index (Phi) is 6.41. The third-order valence-corrected chi connectivity index (χ3v) is 4.66. The van der Waals surface area contributed by atoms with Crippen molar-refractivity contribution < 1.29 is 9.84 Å². The number of anilines is 1. The largest absolute Gasteiger partial charge is 0.504 e. The summed E-state index contributed by atoms with van der Waals surface area (Å²) in [5.41, 5.74) is 2.19. The molecule has 1 atom stereocenters. The van der Waals surface area contributed by atoms with Gasteiger partial charge in [0.1, 0.15) is 0 Å². The van der Waals surface area contributed by atoms with E-state index in [4.69, 9.17) is 4.74 Å². The average Bonchev–Trinajstić information content (AvgIpc) is 3.16. The summed E-state index contributed by atoms with van der Waals surface area (Å²) < 4.78 is 5.08. The Morgan fingerprint density at radius 1 is 1.26 bits per heavy atom. The fourth-order valence-corrected chi connectivity index (χ4v) is 3.27. The minimum atomic E-state index is 0.137. The highest BCUT2D eigenvalue weighted by atomic mass is 16.5. The first-order valence-corrected chi connectivity index (χ1v) is 9.40. The van der Waals surface area contributed by atoms with Gasteiger partial charge >= 0.3 is 0 Å². The molecule has 0 saturated carbocycles. The number of nitrogens with one attached hydrogen (secondary N) is 2. The average molecular weight is 368 g/mol. The van der Waals surface area contributed by atoms with Crippen molar-refractivity contribution in [3.63, 3.8) is 0 Å². The lowest BCUT2D eigenvalue weighted by atomic mass is 10.2. The number of phenolic OH excluding ortho intramolecular Hbond substituents is 1. The van der Waals surface area contributed by atoms with E-state index in [2.05, 4.69) is 51.7 Å². The molecule has 27 heavy (non-hydrogen) atoms. The highest BCUT2D eigenvalue weighted by molar-refractivity contribution is 5.80. The molecule has 1 fully saturated rings. The number of nitrogens with zero attached hydrogens (tertiary/aromatic N) is 2. The van der Waals surface area contributed by atoms with E-state index in [9.17, 15) is 5.11 Å². The van der Waals surface area contributed by atoms with Crippen LogP contribution >= 0.6 is 0 Å². The summed E-state index contributed by atoms with van der Waals surface area (Å²) in [6.45, 7) is 5.34. The minimum absolute atomic E-state index is 0.137. The summed E-state index contributed by atoms with van der Waals surface area (Å²) in [5.74, 6) is 1.41. The van der Waals surface area contributed by atoms with Crippen LogP contribution in [0.15, 0.2) is 53.5 Å². The molecule has 0 radical (unpaired) electrons. The zero-order valence-electron chi connectivity index (χ0n) is 16.0. The molecule has 0 aromatic heterocycles. The maximum atomic E-state index is 9.92. The molecule has 0 bridgehead atoms. The van der Waals surface area contributed by atoms with E-state index in [0.29, 0.717) is 18.3 Å². The van der Waals surface area contributed by atoms with Gasteiger partial charge in [0, 0.05) is 31.4 Å². The highest BCUT2D eigenvalue weighted by Crippen LogP contribution is 2.26. The summed E-state index contributed by atoms with van der Waals surface area (Å²) in [6, 6.07) is 16.2. The van der Waals surface area contributed by atoms with Gasteiger partial charge in [-0.1, -0.05) is 24.3 Å². The Bertz CT molecular complexity index is 764. The smallest absolute Gasteiger partial charge is 0.191 e. The molecule has 144 valence electrons. The van der Waals surface area contributed by atoms with Crippen LogP contribution in [0.1, 0.15) is 18.9 Å². The lowest BCUT2D eigenvalue weighted by molar-refractivity contribution is 0.373. The molecule has 1 saturated heterocycles. The Hall–Kier alpha value is -2.89. The van der Waals surface area contributed by atoms with Crippen LogP contribution in [0.2, 0.25) is 0 Å². The van der Waals surface area contributed by atoms with Crippen molar-refractivity contribution >= 4 is 11.6 Å². The number of rotatable bonds is 6. The van der Waals surface area contributed by atoms with Crippen LogP contribution in [0.3, 0.4) is 0 Å². The van der Waals surface area contributed by atoms with Gasteiger partial charge in [-0.2, -0.15) is 0 Å². The second kappa shape index (κ2) is 9.16. The summed E-state index contributed by atoms with van der Waals surface area (Å²) in [4.78, 5) is 7.06. The van der Waals surface area contributed by atoms with Gasteiger partial charge in [0.15, 0.2) is 17.5 Å². The highest BCUT2D eigenvalue weighted by Gasteiger charge is 2.23. The number of guanidine groups is 1. The Balaban J connectivity index is 1.60. The number of aliphatic imine (C=N–C) groups is 1. The number of phenols is 1. The number of benzene rings is 2. The third kappa shape index (κ3) is 5.06. The molecular weight excluding hydrogens is 340 g/mol. The maximum Gasteiger partial charge on any atom is 0.191 e. The lowest BCUT2D eigenvalue weighted by Crippen LogP contribution is -2.44. The van der Waals surface area contributed by atoms with E-state index in [-0.39, 0.29) is 5.75 Å². The Labute approximate surface area is 160 Å². The van der Waals surface area contributed by atoms with Crippen LogP contribution in [0.4, 0.5) is 5.69 Å². The Morgan fingerprint density at radius 3 is 2.78 bits per heavy atom. The van der Waals surface area contributed by atoms with Gasteiger partial charge in [-0.3, -0.25) is 0 Å². The number of aromatic hydroxyl groups is 1. The lowest BCUT2D eigenvalue weighted by Gasteiger charge is -2.20. The van der Waals surface area contributed by atoms with Crippen molar-refractivity contribution in [3.05, 3.63) is 54.1 Å². The molecular formula is C21H28N4O2. The fourth-order valence-electron chi connectivity index (χ4n) is 3.27. The van der Waals surface area contributed by atoms with E-state index in [1.165, 1.54) is 5.69 Å². The zero-order valence-corrected chi connectivity index (χ0v) is 16.0. The van der Waals surface area contributed by atoms with Gasteiger partial charge in [0.05, 0.1) is 13.7 Å². The van der Waals surface area contributed by atoms with Crippen molar-refractivity contribution in [3.8, 4) is 11.5 Å². The van der Waals surface area contributed by atoms with Crippen molar-refractivity contribution in [2.24, 2.45) is 4.99 Å². The summed E-state index contributed by atoms with van der Waals surface area (Å²) in [5, 5.41) is 16.8. The predicted octanol–water partition coefficient (Wildman–Crippen LogP) is 2.73. The van der Waals surface area contributed by atoms with Crippen LogP contribution in [0.25, 0.3) is 0 Å². The van der Waals surface area contributed by atoms with Crippen LogP contribution in [-0.4, -0.2) is 43.9 Å². The minimum Gasteiger partial charge on any atom is -0.504 e. The molecule has 0 spiro atoms. The fraction of sp³-hybridized carbons (Fsp3) is 0.381. The van der Waals surface area contributed by atoms with Crippen LogP contribution in [0, 0.1) is 0 Å². The first-order valence-electron chi connectivity index (χ1n) is 9.40. The molecule has 1 aliphatic rings. The molecule has 1 aliphatic heterocycles. The second-order valence-electron chi connectivity index (χ2n) is 6.61. The molecule has 6 heteroatoms. The van der Waals surface area contributed by atoms with E-state index >= 15 is 0 Å². The quantitative estimate of drug-likeness (QED) is 0.540.